The summed E-state index contributed by atoms with van der Waals surface area (Å²) >= 11 is -1.18. The summed E-state index contributed by atoms with van der Waals surface area (Å²) in [6, 6.07) is 15.9. The zero-order chi connectivity index (χ0) is 20.3. The van der Waals surface area contributed by atoms with Gasteiger partial charge in [0.15, 0.2) is 11.2 Å². The van der Waals surface area contributed by atoms with Crippen molar-refractivity contribution in [3.05, 3.63) is 48.0 Å². The van der Waals surface area contributed by atoms with Crippen LogP contribution in [0.4, 0.5) is 5.69 Å². The van der Waals surface area contributed by atoms with Crippen molar-refractivity contribution in [3.8, 4) is 23.1 Å². The Bertz CT molecular complexity index is 1050. The monoisotopic (exact) mass is 396 g/mol. The van der Waals surface area contributed by atoms with Gasteiger partial charge in [-0.3, -0.25) is 4.31 Å². The van der Waals surface area contributed by atoms with Gasteiger partial charge in [-0.2, -0.15) is 5.26 Å². The molecule has 1 aliphatic heterocycles. The molecule has 1 fully saturated rings. The van der Waals surface area contributed by atoms with Crippen molar-refractivity contribution in [1.29, 1.82) is 5.26 Å². The Morgan fingerprint density at radius 2 is 1.89 bits per heavy atom. The number of rotatable bonds is 3. The number of methoxy groups -OCH3 is 1. The SMILES string of the molecule is CC.COc1ccc2c(C#N)c(-c3ccc(N4CCNS4=O)cc3)n(C)c2c1. The van der Waals surface area contributed by atoms with Crippen LogP contribution in [0.15, 0.2) is 42.5 Å². The molecule has 2 aromatic carbocycles. The fourth-order valence-electron chi connectivity index (χ4n) is 3.40. The zero-order valence-electron chi connectivity index (χ0n) is 16.5. The molecule has 6 nitrogen and oxygen atoms in total. The molecule has 7 heteroatoms. The second-order valence-electron chi connectivity index (χ2n) is 6.07. The van der Waals surface area contributed by atoms with Gasteiger partial charge in [0.05, 0.1) is 29.6 Å². The highest BCUT2D eigenvalue weighted by atomic mass is 32.2. The average molecular weight is 397 g/mol. The Balaban J connectivity index is 0.00000109. The minimum atomic E-state index is -1.18. The van der Waals surface area contributed by atoms with Gasteiger partial charge < -0.3 is 9.30 Å². The third kappa shape index (κ3) is 3.37. The van der Waals surface area contributed by atoms with E-state index in [0.29, 0.717) is 18.7 Å². The van der Waals surface area contributed by atoms with Gasteiger partial charge in [0.1, 0.15) is 11.8 Å². The largest absolute Gasteiger partial charge is 0.497 e. The first kappa shape index (κ1) is 19.9. The average Bonchev–Trinajstić information content (AvgIpc) is 3.30. The quantitative estimate of drug-likeness (QED) is 0.733. The lowest BCUT2D eigenvalue weighted by Gasteiger charge is -2.15. The van der Waals surface area contributed by atoms with Crippen molar-refractivity contribution < 1.29 is 8.95 Å². The standard InChI is InChI=1S/C19H18N4O2S.C2H6/c1-22-18-11-15(25-2)7-8-16(18)17(12-20)19(22)13-3-5-14(6-4-13)23-10-9-21-26(23)24;1-2/h3-8,11,21H,9-10H2,1-2H3;1-2H3. The van der Waals surface area contributed by atoms with E-state index in [2.05, 4.69) is 10.8 Å². The van der Waals surface area contributed by atoms with Gasteiger partial charge in [0.2, 0.25) is 0 Å². The Hall–Kier alpha value is -2.82. The number of nitrogens with one attached hydrogen (secondary N) is 1. The number of fused-ring (bicyclic) bond motifs is 1. The van der Waals surface area contributed by atoms with E-state index in [4.69, 9.17) is 4.74 Å². The maximum absolute atomic E-state index is 11.9. The molecule has 0 spiro atoms. The number of aryl methyl sites for hydroxylation is 1. The molecule has 0 bridgehead atoms. The van der Waals surface area contributed by atoms with E-state index in [-0.39, 0.29) is 0 Å². The molecule has 1 unspecified atom stereocenters. The van der Waals surface area contributed by atoms with E-state index in [0.717, 1.165) is 33.6 Å². The first-order valence-electron chi connectivity index (χ1n) is 9.24. The molecule has 1 aliphatic rings. The van der Waals surface area contributed by atoms with Gasteiger partial charge in [-0.15, -0.1) is 0 Å². The highest BCUT2D eigenvalue weighted by Crippen LogP contribution is 2.35. The van der Waals surface area contributed by atoms with Crippen LogP contribution in [-0.4, -0.2) is 29.0 Å². The first-order valence-corrected chi connectivity index (χ1v) is 10.3. The molecule has 3 aromatic rings. The summed E-state index contributed by atoms with van der Waals surface area (Å²) in [6.45, 7) is 5.42. The number of aromatic nitrogens is 1. The van der Waals surface area contributed by atoms with Gasteiger partial charge in [-0.1, -0.05) is 26.0 Å². The van der Waals surface area contributed by atoms with Crippen LogP contribution >= 0.6 is 0 Å². The molecule has 0 saturated carbocycles. The van der Waals surface area contributed by atoms with E-state index in [9.17, 15) is 9.47 Å². The lowest BCUT2D eigenvalue weighted by atomic mass is 10.1. The molecule has 2 heterocycles. The van der Waals surface area contributed by atoms with Crippen molar-refractivity contribution in [2.45, 2.75) is 13.8 Å². The van der Waals surface area contributed by atoms with Crippen LogP contribution in [0.1, 0.15) is 19.4 Å². The van der Waals surface area contributed by atoms with Gasteiger partial charge in [0, 0.05) is 31.6 Å². The Morgan fingerprint density at radius 3 is 2.46 bits per heavy atom. The van der Waals surface area contributed by atoms with Crippen molar-refractivity contribution in [1.82, 2.24) is 9.29 Å². The van der Waals surface area contributed by atoms with Crippen molar-refractivity contribution in [2.24, 2.45) is 7.05 Å². The highest BCUT2D eigenvalue weighted by Gasteiger charge is 2.21. The minimum Gasteiger partial charge on any atom is -0.497 e. The van der Waals surface area contributed by atoms with Crippen molar-refractivity contribution in [2.75, 3.05) is 24.5 Å². The third-order valence-electron chi connectivity index (χ3n) is 4.69. The van der Waals surface area contributed by atoms with Crippen LogP contribution in [0.5, 0.6) is 5.75 Å². The molecule has 0 aliphatic carbocycles. The second-order valence-corrected chi connectivity index (χ2v) is 7.30. The van der Waals surface area contributed by atoms with Gasteiger partial charge in [-0.05, 0) is 29.8 Å². The lowest BCUT2D eigenvalue weighted by molar-refractivity contribution is 0.415. The smallest absolute Gasteiger partial charge is 0.196 e. The van der Waals surface area contributed by atoms with E-state index in [1.54, 1.807) is 7.11 Å². The number of hydrogen-bond acceptors (Lipinski definition) is 3. The summed E-state index contributed by atoms with van der Waals surface area (Å²) in [5.41, 5.74) is 4.30. The molecule has 4 rings (SSSR count). The van der Waals surface area contributed by atoms with E-state index >= 15 is 0 Å². The fourth-order valence-corrected chi connectivity index (χ4v) is 4.39. The predicted molar refractivity (Wildman–Crippen MR) is 114 cm³/mol. The number of hydrogen-bond donors (Lipinski definition) is 1. The Kier molecular flexibility index (Phi) is 6.02. The van der Waals surface area contributed by atoms with Crippen LogP contribution in [0, 0.1) is 11.3 Å². The van der Waals surface area contributed by atoms with Crippen LogP contribution in [0.3, 0.4) is 0 Å². The van der Waals surface area contributed by atoms with Gasteiger partial charge in [0.25, 0.3) is 0 Å². The number of ether oxygens (including phenoxy) is 1. The minimum absolute atomic E-state index is 0.643. The van der Waals surface area contributed by atoms with Crippen molar-refractivity contribution in [3.63, 3.8) is 0 Å². The molecule has 146 valence electrons. The van der Waals surface area contributed by atoms with Gasteiger partial charge in [-0.25, -0.2) is 8.93 Å². The van der Waals surface area contributed by atoms with E-state index in [1.807, 2.05) is 72.2 Å². The number of nitrogens with zero attached hydrogens (tertiary/aromatic N) is 3. The Morgan fingerprint density at radius 1 is 1.18 bits per heavy atom. The summed E-state index contributed by atoms with van der Waals surface area (Å²) in [6.07, 6.45) is 0. The number of benzene rings is 2. The molecule has 1 atom stereocenters. The second kappa shape index (κ2) is 8.46. The Labute approximate surface area is 168 Å². The summed E-state index contributed by atoms with van der Waals surface area (Å²) in [4.78, 5) is 0. The van der Waals surface area contributed by atoms with Crippen molar-refractivity contribution >= 4 is 27.8 Å². The maximum Gasteiger partial charge on any atom is 0.196 e. The molecule has 1 saturated heterocycles. The molecule has 28 heavy (non-hydrogen) atoms. The maximum atomic E-state index is 11.9. The van der Waals surface area contributed by atoms with Crippen LogP contribution in [0.25, 0.3) is 22.2 Å². The van der Waals surface area contributed by atoms with E-state index < -0.39 is 11.2 Å². The summed E-state index contributed by atoms with van der Waals surface area (Å²) in [5.74, 6) is 0.758. The number of nitriles is 1. The normalized spacial score (nSPS) is 15.8. The molecular formula is C21H24N4O2S. The molecule has 1 aromatic heterocycles. The lowest BCUT2D eigenvalue weighted by Crippen LogP contribution is -2.22. The molecular weight excluding hydrogens is 372 g/mol. The topological polar surface area (TPSA) is 70.3 Å². The van der Waals surface area contributed by atoms with Crippen LogP contribution < -0.4 is 13.8 Å². The molecule has 0 amide bonds. The molecule has 1 N–H and O–H groups in total. The van der Waals surface area contributed by atoms with Crippen LogP contribution in [0.2, 0.25) is 0 Å². The van der Waals surface area contributed by atoms with E-state index in [1.165, 1.54) is 0 Å². The first-order chi connectivity index (χ1) is 13.6. The number of anilines is 1. The molecule has 0 radical (unpaired) electrons. The van der Waals surface area contributed by atoms with Crippen LogP contribution in [-0.2, 0) is 18.2 Å². The summed E-state index contributed by atoms with van der Waals surface area (Å²) in [7, 11) is 3.58. The summed E-state index contributed by atoms with van der Waals surface area (Å²) < 4.78 is 24.0. The third-order valence-corrected chi connectivity index (χ3v) is 5.93. The fraction of sp³-hybridized carbons (Fsp3) is 0.286. The summed E-state index contributed by atoms with van der Waals surface area (Å²) in [5, 5.41) is 10.6. The highest BCUT2D eigenvalue weighted by molar-refractivity contribution is 7.84. The zero-order valence-corrected chi connectivity index (χ0v) is 17.3. The van der Waals surface area contributed by atoms with Gasteiger partial charge >= 0.3 is 0 Å². The predicted octanol–water partition coefficient (Wildman–Crippen LogP) is 3.74.